The molecule has 0 aliphatic carbocycles. The number of aromatic nitrogens is 3. The highest BCUT2D eigenvalue weighted by molar-refractivity contribution is 7.88. The van der Waals surface area contributed by atoms with E-state index in [4.69, 9.17) is 4.42 Å². The minimum absolute atomic E-state index is 0.226. The fourth-order valence-electron chi connectivity index (χ4n) is 2.79. The molecule has 144 valence electrons. The Bertz CT molecular complexity index is 1200. The molecule has 2 heterocycles. The molecule has 1 N–H and O–H groups in total. The molecule has 4 aromatic rings. The van der Waals surface area contributed by atoms with Gasteiger partial charge in [0.15, 0.2) is 0 Å². The zero-order valence-corrected chi connectivity index (χ0v) is 16.8. The molecule has 0 saturated carbocycles. The standard InChI is InChI=1S/C19H18N4O3S2/c1-28(24,25)20-10-9-17-22-23-18(26-17)12-19-21-15-8-7-14(11-16(15)27-19)13-5-3-2-4-6-13/h2-8,11,20H,9-10,12H2,1H3. The van der Waals surface area contributed by atoms with E-state index < -0.39 is 10.0 Å². The Morgan fingerprint density at radius 2 is 1.82 bits per heavy atom. The average molecular weight is 415 g/mol. The first-order valence-electron chi connectivity index (χ1n) is 8.67. The maximum absolute atomic E-state index is 11.1. The lowest BCUT2D eigenvalue weighted by Gasteiger charge is -2.00. The van der Waals surface area contributed by atoms with Gasteiger partial charge in [0.05, 0.1) is 22.9 Å². The van der Waals surface area contributed by atoms with Crippen LogP contribution in [0.2, 0.25) is 0 Å². The van der Waals surface area contributed by atoms with E-state index >= 15 is 0 Å². The van der Waals surface area contributed by atoms with Gasteiger partial charge >= 0.3 is 0 Å². The summed E-state index contributed by atoms with van der Waals surface area (Å²) in [6.45, 7) is 0.226. The Hall–Kier alpha value is -2.62. The number of hydrogen-bond acceptors (Lipinski definition) is 7. The number of nitrogens with zero attached hydrogens (tertiary/aromatic N) is 3. The van der Waals surface area contributed by atoms with Crippen molar-refractivity contribution in [2.75, 3.05) is 12.8 Å². The van der Waals surface area contributed by atoms with Crippen molar-refractivity contribution < 1.29 is 12.8 Å². The van der Waals surface area contributed by atoms with Gasteiger partial charge in [-0.3, -0.25) is 0 Å². The molecule has 0 atom stereocenters. The smallest absolute Gasteiger partial charge is 0.223 e. The van der Waals surface area contributed by atoms with Crippen molar-refractivity contribution in [3.05, 3.63) is 65.3 Å². The molecule has 0 radical (unpaired) electrons. The normalized spacial score (nSPS) is 11.9. The first-order chi connectivity index (χ1) is 13.5. The summed E-state index contributed by atoms with van der Waals surface area (Å²) in [6, 6.07) is 16.5. The number of sulfonamides is 1. The predicted molar refractivity (Wildman–Crippen MR) is 109 cm³/mol. The molecule has 28 heavy (non-hydrogen) atoms. The summed E-state index contributed by atoms with van der Waals surface area (Å²) >= 11 is 1.60. The lowest BCUT2D eigenvalue weighted by Crippen LogP contribution is -2.24. The van der Waals surface area contributed by atoms with E-state index in [9.17, 15) is 8.42 Å². The molecule has 2 aromatic heterocycles. The molecule has 0 fully saturated rings. The number of hydrogen-bond donors (Lipinski definition) is 1. The van der Waals surface area contributed by atoms with Crippen molar-refractivity contribution >= 4 is 31.6 Å². The minimum Gasteiger partial charge on any atom is -0.425 e. The summed E-state index contributed by atoms with van der Waals surface area (Å²) in [4.78, 5) is 4.65. The third kappa shape index (κ3) is 4.61. The Kier molecular flexibility index (Phi) is 5.21. The van der Waals surface area contributed by atoms with Gasteiger partial charge in [-0.1, -0.05) is 36.4 Å². The maximum atomic E-state index is 11.1. The maximum Gasteiger partial charge on any atom is 0.223 e. The van der Waals surface area contributed by atoms with E-state index in [0.717, 1.165) is 27.0 Å². The lowest BCUT2D eigenvalue weighted by atomic mass is 10.1. The van der Waals surface area contributed by atoms with E-state index in [2.05, 4.69) is 44.2 Å². The van der Waals surface area contributed by atoms with E-state index in [1.807, 2.05) is 24.3 Å². The highest BCUT2D eigenvalue weighted by Crippen LogP contribution is 2.29. The molecule has 0 bridgehead atoms. The van der Waals surface area contributed by atoms with Crippen LogP contribution in [0.4, 0.5) is 0 Å². The van der Waals surface area contributed by atoms with E-state index in [0.29, 0.717) is 24.6 Å². The van der Waals surface area contributed by atoms with Gasteiger partial charge in [-0.25, -0.2) is 18.1 Å². The number of thiazole rings is 1. The molecule has 0 unspecified atom stereocenters. The number of fused-ring (bicyclic) bond motifs is 1. The summed E-state index contributed by atoms with van der Waals surface area (Å²) in [5.74, 6) is 0.871. The topological polar surface area (TPSA) is 98.0 Å². The molecule has 7 nitrogen and oxygen atoms in total. The van der Waals surface area contributed by atoms with Crippen molar-refractivity contribution in [1.82, 2.24) is 19.9 Å². The number of rotatable bonds is 7. The van der Waals surface area contributed by atoms with Crippen LogP contribution in [0.5, 0.6) is 0 Å². The molecular weight excluding hydrogens is 396 g/mol. The Morgan fingerprint density at radius 3 is 2.61 bits per heavy atom. The van der Waals surface area contributed by atoms with Gasteiger partial charge < -0.3 is 4.42 Å². The average Bonchev–Trinajstić information content (AvgIpc) is 3.27. The quantitative estimate of drug-likeness (QED) is 0.499. The zero-order valence-electron chi connectivity index (χ0n) is 15.1. The van der Waals surface area contributed by atoms with Crippen LogP contribution < -0.4 is 4.72 Å². The fraction of sp³-hybridized carbons (Fsp3) is 0.211. The van der Waals surface area contributed by atoms with Gasteiger partial charge in [0.2, 0.25) is 21.8 Å². The number of benzene rings is 2. The highest BCUT2D eigenvalue weighted by atomic mass is 32.2. The summed E-state index contributed by atoms with van der Waals surface area (Å²) < 4.78 is 31.3. The molecule has 2 aromatic carbocycles. The largest absolute Gasteiger partial charge is 0.425 e. The van der Waals surface area contributed by atoms with Crippen LogP contribution in [0.25, 0.3) is 21.3 Å². The van der Waals surface area contributed by atoms with Crippen LogP contribution in [0.15, 0.2) is 52.9 Å². The van der Waals surface area contributed by atoms with E-state index in [1.54, 1.807) is 11.3 Å². The molecule has 9 heteroatoms. The fourth-order valence-corrected chi connectivity index (χ4v) is 4.26. The molecule has 0 aliphatic rings. The molecule has 0 spiro atoms. The van der Waals surface area contributed by atoms with Crippen LogP contribution in [-0.2, 0) is 22.9 Å². The first kappa shape index (κ1) is 18.7. The summed E-state index contributed by atoms with van der Waals surface area (Å²) in [5.41, 5.74) is 3.27. The SMILES string of the molecule is CS(=O)(=O)NCCc1nnc(Cc2nc3ccc(-c4ccccc4)cc3s2)o1. The third-order valence-corrected chi connectivity index (χ3v) is 5.80. The van der Waals surface area contributed by atoms with E-state index in [-0.39, 0.29) is 6.54 Å². The molecule has 4 rings (SSSR count). The van der Waals surface area contributed by atoms with Crippen molar-refractivity contribution in [3.8, 4) is 11.1 Å². The van der Waals surface area contributed by atoms with Crippen LogP contribution in [0.3, 0.4) is 0 Å². The number of nitrogens with one attached hydrogen (secondary N) is 1. The minimum atomic E-state index is -3.22. The van der Waals surface area contributed by atoms with Crippen molar-refractivity contribution in [1.29, 1.82) is 0 Å². The summed E-state index contributed by atoms with van der Waals surface area (Å²) in [7, 11) is -3.22. The summed E-state index contributed by atoms with van der Waals surface area (Å²) in [6.07, 6.45) is 1.91. The van der Waals surface area contributed by atoms with Gasteiger partial charge in [0.1, 0.15) is 5.01 Å². The molecule has 0 amide bonds. The Morgan fingerprint density at radius 1 is 1.04 bits per heavy atom. The molecular formula is C19H18N4O3S2. The second kappa shape index (κ2) is 7.78. The lowest BCUT2D eigenvalue weighted by molar-refractivity contribution is 0.456. The van der Waals surface area contributed by atoms with Gasteiger partial charge in [-0.15, -0.1) is 21.5 Å². The van der Waals surface area contributed by atoms with Crippen LogP contribution in [-0.4, -0.2) is 36.4 Å². The van der Waals surface area contributed by atoms with Crippen molar-refractivity contribution in [3.63, 3.8) is 0 Å². The van der Waals surface area contributed by atoms with Crippen LogP contribution in [0.1, 0.15) is 16.8 Å². The van der Waals surface area contributed by atoms with Crippen LogP contribution in [0, 0.1) is 0 Å². The third-order valence-electron chi connectivity index (χ3n) is 4.05. The van der Waals surface area contributed by atoms with Crippen LogP contribution >= 0.6 is 11.3 Å². The van der Waals surface area contributed by atoms with Crippen molar-refractivity contribution in [2.45, 2.75) is 12.8 Å². The first-order valence-corrected chi connectivity index (χ1v) is 11.4. The second-order valence-electron chi connectivity index (χ2n) is 6.34. The van der Waals surface area contributed by atoms with E-state index in [1.165, 1.54) is 5.56 Å². The van der Waals surface area contributed by atoms with Gasteiger partial charge in [-0.2, -0.15) is 0 Å². The predicted octanol–water partition coefficient (Wildman–Crippen LogP) is 3.03. The zero-order chi connectivity index (χ0) is 19.6. The van der Waals surface area contributed by atoms with Crippen molar-refractivity contribution in [2.24, 2.45) is 0 Å². The van der Waals surface area contributed by atoms with Gasteiger partial charge in [0, 0.05) is 13.0 Å². The van der Waals surface area contributed by atoms with Gasteiger partial charge in [-0.05, 0) is 23.3 Å². The second-order valence-corrected chi connectivity index (χ2v) is 9.29. The Labute approximate surface area is 166 Å². The summed E-state index contributed by atoms with van der Waals surface area (Å²) in [5, 5.41) is 8.89. The Balaban J connectivity index is 1.46. The molecule has 0 saturated heterocycles. The highest BCUT2D eigenvalue weighted by Gasteiger charge is 2.12. The molecule has 0 aliphatic heterocycles. The van der Waals surface area contributed by atoms with Gasteiger partial charge in [0.25, 0.3) is 0 Å². The monoisotopic (exact) mass is 414 g/mol.